The lowest BCUT2D eigenvalue weighted by Crippen LogP contribution is -2.36. The van der Waals surface area contributed by atoms with Crippen molar-refractivity contribution in [1.29, 1.82) is 0 Å². The third kappa shape index (κ3) is 3.67. The van der Waals surface area contributed by atoms with Crippen LogP contribution in [0.3, 0.4) is 0 Å². The van der Waals surface area contributed by atoms with Gasteiger partial charge >= 0.3 is 0 Å². The molecule has 1 atom stereocenters. The molecule has 28 heavy (non-hydrogen) atoms. The number of aliphatic hydroxyl groups is 1. The summed E-state index contributed by atoms with van der Waals surface area (Å²) in [5.74, 6) is -1.71. The third-order valence-electron chi connectivity index (χ3n) is 4.48. The van der Waals surface area contributed by atoms with Gasteiger partial charge in [0.25, 0.3) is 11.6 Å². The van der Waals surface area contributed by atoms with Crippen molar-refractivity contribution in [3.05, 3.63) is 73.7 Å². The highest BCUT2D eigenvalue weighted by Gasteiger charge is 2.44. The van der Waals surface area contributed by atoms with Crippen LogP contribution in [0.5, 0.6) is 0 Å². The Balaban J connectivity index is 2.09. The fourth-order valence-electron chi connectivity index (χ4n) is 3.12. The number of nitro benzene ring substituents is 1. The number of aliphatic hydroxyl groups excluding tert-OH is 1. The Hall–Kier alpha value is -3.04. The molecule has 0 fully saturated rings. The van der Waals surface area contributed by atoms with Gasteiger partial charge in [-0.05, 0) is 31.1 Å². The van der Waals surface area contributed by atoms with Crippen LogP contribution >= 0.6 is 11.3 Å². The molecule has 0 aliphatic carbocycles. The van der Waals surface area contributed by atoms with Gasteiger partial charge in [-0.1, -0.05) is 18.2 Å². The van der Waals surface area contributed by atoms with Crippen molar-refractivity contribution in [2.24, 2.45) is 0 Å². The van der Waals surface area contributed by atoms with E-state index in [1.54, 1.807) is 23.6 Å². The molecule has 0 radical (unpaired) electrons. The number of Topliss-reactive ketones (excluding diaryl/α,β-unsaturated/α-hetero) is 1. The van der Waals surface area contributed by atoms with Crippen LogP contribution in [-0.2, 0) is 4.79 Å². The second-order valence-corrected chi connectivity index (χ2v) is 7.57. The SMILES string of the molecule is CN(C)CCN1C(=O)C(O)=C(C(=O)c2cccs2)[C@H]1c1cccc([N+](=O)[O-])c1. The largest absolute Gasteiger partial charge is 0.503 e. The number of carbonyl (C=O) groups excluding carboxylic acids is 2. The van der Waals surface area contributed by atoms with E-state index in [-0.39, 0.29) is 17.8 Å². The summed E-state index contributed by atoms with van der Waals surface area (Å²) in [4.78, 5) is 40.0. The van der Waals surface area contributed by atoms with Gasteiger partial charge in [-0.15, -0.1) is 11.3 Å². The molecule has 2 aromatic rings. The summed E-state index contributed by atoms with van der Waals surface area (Å²) in [5, 5.41) is 23.4. The van der Waals surface area contributed by atoms with Crippen molar-refractivity contribution in [3.8, 4) is 0 Å². The van der Waals surface area contributed by atoms with Crippen molar-refractivity contribution in [2.45, 2.75) is 6.04 Å². The lowest BCUT2D eigenvalue weighted by Gasteiger charge is -2.27. The zero-order valence-corrected chi connectivity index (χ0v) is 16.2. The number of rotatable bonds is 7. The summed E-state index contributed by atoms with van der Waals surface area (Å²) < 4.78 is 0. The number of thiophene rings is 1. The van der Waals surface area contributed by atoms with Crippen LogP contribution in [0.15, 0.2) is 53.1 Å². The van der Waals surface area contributed by atoms with E-state index in [4.69, 9.17) is 0 Å². The zero-order valence-electron chi connectivity index (χ0n) is 15.4. The summed E-state index contributed by atoms with van der Waals surface area (Å²) in [6.45, 7) is 0.759. The fraction of sp³-hybridized carbons (Fsp3) is 0.263. The first kappa shape index (κ1) is 19.7. The Bertz CT molecular complexity index is 952. The summed E-state index contributed by atoms with van der Waals surface area (Å²) in [5.41, 5.74) is 0.212. The van der Waals surface area contributed by atoms with Crippen LogP contribution in [0.4, 0.5) is 5.69 Å². The molecule has 8 nitrogen and oxygen atoms in total. The molecule has 0 unspecified atom stereocenters. The molecule has 146 valence electrons. The van der Waals surface area contributed by atoms with Crippen molar-refractivity contribution < 1.29 is 19.6 Å². The van der Waals surface area contributed by atoms with Gasteiger partial charge in [0.05, 0.1) is 21.4 Å². The van der Waals surface area contributed by atoms with E-state index >= 15 is 0 Å². The minimum absolute atomic E-state index is 0.0493. The number of carbonyl (C=O) groups is 2. The molecule has 9 heteroatoms. The van der Waals surface area contributed by atoms with Gasteiger partial charge in [0.2, 0.25) is 5.78 Å². The molecule has 2 heterocycles. The number of nitro groups is 1. The second kappa shape index (κ2) is 7.91. The van der Waals surface area contributed by atoms with Gasteiger partial charge in [0, 0.05) is 25.2 Å². The van der Waals surface area contributed by atoms with E-state index in [1.807, 2.05) is 19.0 Å². The maximum atomic E-state index is 13.0. The van der Waals surface area contributed by atoms with Crippen molar-refractivity contribution in [1.82, 2.24) is 9.80 Å². The molecule has 1 aromatic carbocycles. The number of amides is 1. The van der Waals surface area contributed by atoms with Crippen molar-refractivity contribution in [3.63, 3.8) is 0 Å². The number of ketones is 1. The number of benzene rings is 1. The number of likely N-dealkylation sites (N-methyl/N-ethyl adjacent to an activating group) is 1. The van der Waals surface area contributed by atoms with Crippen LogP contribution in [0.1, 0.15) is 21.3 Å². The monoisotopic (exact) mass is 401 g/mol. The number of nitrogens with zero attached hydrogens (tertiary/aromatic N) is 3. The molecule has 1 amide bonds. The van der Waals surface area contributed by atoms with E-state index in [0.29, 0.717) is 17.0 Å². The summed E-state index contributed by atoms with van der Waals surface area (Å²) in [7, 11) is 3.68. The van der Waals surface area contributed by atoms with Crippen molar-refractivity contribution in [2.75, 3.05) is 27.2 Å². The molecule has 0 bridgehead atoms. The topological polar surface area (TPSA) is 104 Å². The lowest BCUT2D eigenvalue weighted by molar-refractivity contribution is -0.384. The second-order valence-electron chi connectivity index (χ2n) is 6.63. The fourth-order valence-corrected chi connectivity index (χ4v) is 3.80. The first-order valence-corrected chi connectivity index (χ1v) is 9.40. The predicted molar refractivity (Wildman–Crippen MR) is 104 cm³/mol. The van der Waals surface area contributed by atoms with Gasteiger partial charge in [-0.2, -0.15) is 0 Å². The first-order valence-electron chi connectivity index (χ1n) is 8.52. The molecule has 1 aromatic heterocycles. The number of hydrogen-bond donors (Lipinski definition) is 1. The Morgan fingerprint density at radius 3 is 2.68 bits per heavy atom. The molecule has 3 rings (SSSR count). The zero-order chi connectivity index (χ0) is 20.4. The van der Waals surface area contributed by atoms with Crippen LogP contribution in [-0.4, -0.2) is 58.7 Å². The van der Waals surface area contributed by atoms with Gasteiger partial charge < -0.3 is 14.9 Å². The highest BCUT2D eigenvalue weighted by Crippen LogP contribution is 2.40. The molecular formula is C19H19N3O5S. The Morgan fingerprint density at radius 2 is 2.07 bits per heavy atom. The van der Waals surface area contributed by atoms with E-state index in [2.05, 4.69) is 0 Å². The number of hydrogen-bond acceptors (Lipinski definition) is 7. The van der Waals surface area contributed by atoms with Crippen LogP contribution in [0.2, 0.25) is 0 Å². The third-order valence-corrected chi connectivity index (χ3v) is 5.35. The first-order chi connectivity index (χ1) is 13.3. The molecule has 0 saturated heterocycles. The van der Waals surface area contributed by atoms with Crippen LogP contribution in [0, 0.1) is 10.1 Å². The highest BCUT2D eigenvalue weighted by atomic mass is 32.1. The van der Waals surface area contributed by atoms with E-state index in [0.717, 1.165) is 0 Å². The maximum absolute atomic E-state index is 13.0. The number of non-ortho nitro benzene ring substituents is 1. The normalized spacial score (nSPS) is 16.9. The molecule has 0 spiro atoms. The van der Waals surface area contributed by atoms with Gasteiger partial charge in [-0.25, -0.2) is 0 Å². The Morgan fingerprint density at radius 1 is 1.32 bits per heavy atom. The summed E-state index contributed by atoms with van der Waals surface area (Å²) >= 11 is 1.20. The van der Waals surface area contributed by atoms with Gasteiger partial charge in [0.15, 0.2) is 5.76 Å². The quantitative estimate of drug-likeness (QED) is 0.435. The Kier molecular flexibility index (Phi) is 5.57. The van der Waals surface area contributed by atoms with E-state index in [1.165, 1.54) is 34.4 Å². The van der Waals surface area contributed by atoms with Crippen LogP contribution in [0.25, 0.3) is 0 Å². The summed E-state index contributed by atoms with van der Waals surface area (Å²) in [6.07, 6.45) is 0. The molecule has 1 aliphatic heterocycles. The smallest absolute Gasteiger partial charge is 0.290 e. The molecular weight excluding hydrogens is 382 g/mol. The lowest BCUT2D eigenvalue weighted by atomic mass is 9.95. The minimum Gasteiger partial charge on any atom is -0.503 e. The minimum atomic E-state index is -0.887. The molecule has 1 aliphatic rings. The highest BCUT2D eigenvalue weighted by molar-refractivity contribution is 7.12. The predicted octanol–water partition coefficient (Wildman–Crippen LogP) is 2.80. The Labute approximate surface area is 165 Å². The van der Waals surface area contributed by atoms with Crippen molar-refractivity contribution >= 4 is 28.7 Å². The van der Waals surface area contributed by atoms with E-state index < -0.39 is 28.4 Å². The standard InChI is InChI=1S/C19H19N3O5S/c1-20(2)8-9-21-16(12-5-3-6-13(11-12)22(26)27)15(18(24)19(21)25)17(23)14-7-4-10-28-14/h3-7,10-11,16,24H,8-9H2,1-2H3/t16-/m1/s1. The van der Waals surface area contributed by atoms with Crippen LogP contribution < -0.4 is 0 Å². The maximum Gasteiger partial charge on any atom is 0.290 e. The van der Waals surface area contributed by atoms with Gasteiger partial charge in [-0.3, -0.25) is 19.7 Å². The average molecular weight is 401 g/mol. The van der Waals surface area contributed by atoms with E-state index in [9.17, 15) is 24.8 Å². The summed E-state index contributed by atoms with van der Waals surface area (Å²) in [6, 6.07) is 8.24. The van der Waals surface area contributed by atoms with Gasteiger partial charge in [0.1, 0.15) is 0 Å². The molecule has 0 saturated carbocycles. The molecule has 1 N–H and O–H groups in total. The average Bonchev–Trinajstić information content (AvgIpc) is 3.28.